The van der Waals surface area contributed by atoms with Gasteiger partial charge in [-0.3, -0.25) is 4.79 Å². The van der Waals surface area contributed by atoms with Crippen molar-refractivity contribution in [2.75, 3.05) is 0 Å². The van der Waals surface area contributed by atoms with Crippen LogP contribution in [0.1, 0.15) is 15.9 Å². The fraction of sp³-hybridized carbons (Fsp3) is 0. The van der Waals surface area contributed by atoms with E-state index in [1.54, 1.807) is 6.07 Å². The van der Waals surface area contributed by atoms with Gasteiger partial charge in [-0.05, 0) is 42.5 Å². The number of halogens is 1. The molecule has 0 bridgehead atoms. The Morgan fingerprint density at radius 1 is 1.15 bits per heavy atom. The van der Waals surface area contributed by atoms with E-state index in [2.05, 4.69) is 10.5 Å². The molecule has 20 heavy (non-hydrogen) atoms. The zero-order valence-corrected chi connectivity index (χ0v) is 11.0. The maximum absolute atomic E-state index is 11.7. The molecule has 102 valence electrons. The zero-order valence-electron chi connectivity index (χ0n) is 10.2. The fourth-order valence-electron chi connectivity index (χ4n) is 1.47. The summed E-state index contributed by atoms with van der Waals surface area (Å²) in [5.74, 6) is -0.339. The minimum atomic E-state index is -0.428. The molecule has 0 atom stereocenters. The number of aromatic hydroxyl groups is 2. The molecule has 0 aliphatic carbocycles. The van der Waals surface area contributed by atoms with Gasteiger partial charge in [0.25, 0.3) is 5.91 Å². The molecule has 1 amide bonds. The van der Waals surface area contributed by atoms with E-state index in [4.69, 9.17) is 16.7 Å². The van der Waals surface area contributed by atoms with Gasteiger partial charge in [0.2, 0.25) is 0 Å². The summed E-state index contributed by atoms with van der Waals surface area (Å²) in [6.07, 6.45) is 1.29. The smallest absolute Gasteiger partial charge is 0.271 e. The number of hydrogen-bond donors (Lipinski definition) is 3. The van der Waals surface area contributed by atoms with Gasteiger partial charge >= 0.3 is 0 Å². The third-order valence-corrected chi connectivity index (χ3v) is 2.72. The molecule has 2 aromatic rings. The van der Waals surface area contributed by atoms with E-state index in [1.807, 2.05) is 0 Å². The molecule has 6 heteroatoms. The first-order valence-electron chi connectivity index (χ1n) is 5.67. The van der Waals surface area contributed by atoms with Crippen molar-refractivity contribution in [1.82, 2.24) is 5.43 Å². The lowest BCUT2D eigenvalue weighted by Crippen LogP contribution is -2.17. The average Bonchev–Trinajstić information content (AvgIpc) is 2.43. The average molecular weight is 291 g/mol. The molecule has 0 aromatic heterocycles. The van der Waals surface area contributed by atoms with Crippen molar-refractivity contribution in [2.45, 2.75) is 0 Å². The summed E-state index contributed by atoms with van der Waals surface area (Å²) in [7, 11) is 0. The van der Waals surface area contributed by atoms with E-state index >= 15 is 0 Å². The molecule has 0 fully saturated rings. The number of phenols is 2. The first kappa shape index (κ1) is 13.9. The quantitative estimate of drug-likeness (QED) is 0.600. The highest BCUT2D eigenvalue weighted by molar-refractivity contribution is 6.30. The minimum Gasteiger partial charge on any atom is -0.508 e. The highest BCUT2D eigenvalue weighted by Crippen LogP contribution is 2.19. The van der Waals surface area contributed by atoms with Crippen LogP contribution in [0.25, 0.3) is 0 Å². The number of nitrogens with one attached hydrogen (secondary N) is 1. The summed E-state index contributed by atoms with van der Waals surface area (Å²) in [6.45, 7) is 0. The van der Waals surface area contributed by atoms with E-state index in [0.29, 0.717) is 16.1 Å². The first-order chi connectivity index (χ1) is 9.56. The molecule has 0 unspecified atom stereocenters. The van der Waals surface area contributed by atoms with E-state index in [-0.39, 0.29) is 11.5 Å². The Balaban J connectivity index is 2.04. The van der Waals surface area contributed by atoms with Crippen LogP contribution in [0.15, 0.2) is 47.6 Å². The van der Waals surface area contributed by atoms with Crippen molar-refractivity contribution in [3.63, 3.8) is 0 Å². The summed E-state index contributed by atoms with van der Waals surface area (Å²) >= 11 is 5.79. The summed E-state index contributed by atoms with van der Waals surface area (Å²) in [5, 5.41) is 22.9. The molecule has 0 saturated carbocycles. The lowest BCUT2D eigenvalue weighted by atomic mass is 10.2. The van der Waals surface area contributed by atoms with Gasteiger partial charge < -0.3 is 10.2 Å². The number of nitrogens with zero attached hydrogens (tertiary/aromatic N) is 1. The predicted octanol–water partition coefficient (Wildman–Crippen LogP) is 2.52. The van der Waals surface area contributed by atoms with Crippen LogP contribution in [0.5, 0.6) is 11.5 Å². The highest BCUT2D eigenvalue weighted by Gasteiger charge is 2.04. The second-order valence-electron chi connectivity index (χ2n) is 3.95. The van der Waals surface area contributed by atoms with Crippen molar-refractivity contribution in [2.24, 2.45) is 5.10 Å². The normalized spacial score (nSPS) is 10.7. The van der Waals surface area contributed by atoms with Crippen LogP contribution in [-0.4, -0.2) is 22.3 Å². The lowest BCUT2D eigenvalue weighted by molar-refractivity contribution is 0.0955. The summed E-state index contributed by atoms with van der Waals surface area (Å²) in [6, 6.07) is 10.2. The Labute approximate surface area is 120 Å². The van der Waals surface area contributed by atoms with Crippen LogP contribution in [0.2, 0.25) is 5.02 Å². The van der Waals surface area contributed by atoms with Crippen molar-refractivity contribution in [3.05, 3.63) is 58.6 Å². The molecule has 0 radical (unpaired) electrons. The minimum absolute atomic E-state index is 0.0111. The van der Waals surface area contributed by atoms with E-state index in [1.165, 1.54) is 42.6 Å². The maximum atomic E-state index is 11.7. The Bertz CT molecular complexity index is 654. The van der Waals surface area contributed by atoms with Crippen LogP contribution in [-0.2, 0) is 0 Å². The summed E-state index contributed by atoms with van der Waals surface area (Å²) in [5.41, 5.74) is 3.06. The lowest BCUT2D eigenvalue weighted by Gasteiger charge is -2.01. The molecule has 0 aliphatic rings. The summed E-state index contributed by atoms with van der Waals surface area (Å²) < 4.78 is 0. The third-order valence-electron chi connectivity index (χ3n) is 2.49. The Morgan fingerprint density at radius 2 is 1.85 bits per heavy atom. The van der Waals surface area contributed by atoms with E-state index in [9.17, 15) is 9.90 Å². The zero-order chi connectivity index (χ0) is 14.5. The van der Waals surface area contributed by atoms with Crippen molar-refractivity contribution in [1.29, 1.82) is 0 Å². The van der Waals surface area contributed by atoms with Crippen molar-refractivity contribution < 1.29 is 15.0 Å². The van der Waals surface area contributed by atoms with Crippen LogP contribution >= 0.6 is 11.6 Å². The SMILES string of the molecule is O=C(N/N=C/c1cc(Cl)ccc1O)c1ccc(O)cc1. The van der Waals surface area contributed by atoms with Gasteiger partial charge in [-0.25, -0.2) is 5.43 Å². The summed E-state index contributed by atoms with van der Waals surface area (Å²) in [4.78, 5) is 11.7. The van der Waals surface area contributed by atoms with Crippen LogP contribution in [0.3, 0.4) is 0 Å². The molecule has 0 heterocycles. The Morgan fingerprint density at radius 3 is 2.55 bits per heavy atom. The van der Waals surface area contributed by atoms with Gasteiger partial charge in [-0.1, -0.05) is 11.6 Å². The van der Waals surface area contributed by atoms with E-state index in [0.717, 1.165) is 0 Å². The van der Waals surface area contributed by atoms with Crippen LogP contribution in [0.4, 0.5) is 0 Å². The monoisotopic (exact) mass is 290 g/mol. The molecule has 0 saturated heterocycles. The number of carbonyl (C=O) groups is 1. The van der Waals surface area contributed by atoms with Crippen molar-refractivity contribution >= 4 is 23.7 Å². The van der Waals surface area contributed by atoms with Gasteiger partial charge in [0.15, 0.2) is 0 Å². The predicted molar refractivity (Wildman–Crippen MR) is 76.3 cm³/mol. The number of phenolic OH excluding ortho intramolecular Hbond substituents is 2. The van der Waals surface area contributed by atoms with Crippen LogP contribution in [0, 0.1) is 0 Å². The van der Waals surface area contributed by atoms with E-state index < -0.39 is 5.91 Å². The standard InChI is InChI=1S/C14H11ClN2O3/c15-11-3-6-13(19)10(7-11)8-16-17-14(20)9-1-4-12(18)5-2-9/h1-8,18-19H,(H,17,20)/b16-8+. The second kappa shape index (κ2) is 6.08. The fourth-order valence-corrected chi connectivity index (χ4v) is 1.65. The number of benzene rings is 2. The molecular weight excluding hydrogens is 280 g/mol. The van der Waals surface area contributed by atoms with Crippen molar-refractivity contribution in [3.8, 4) is 11.5 Å². The van der Waals surface area contributed by atoms with Crippen LogP contribution < -0.4 is 5.43 Å². The number of rotatable bonds is 3. The largest absolute Gasteiger partial charge is 0.508 e. The molecule has 5 nitrogen and oxygen atoms in total. The number of amides is 1. The van der Waals surface area contributed by atoms with Gasteiger partial charge in [-0.15, -0.1) is 0 Å². The van der Waals surface area contributed by atoms with Gasteiger partial charge in [0, 0.05) is 16.1 Å². The maximum Gasteiger partial charge on any atom is 0.271 e. The number of hydrazone groups is 1. The molecule has 2 rings (SSSR count). The molecule has 0 aliphatic heterocycles. The van der Waals surface area contributed by atoms with Gasteiger partial charge in [0.1, 0.15) is 11.5 Å². The highest BCUT2D eigenvalue weighted by atomic mass is 35.5. The molecule has 0 spiro atoms. The third kappa shape index (κ3) is 3.49. The first-order valence-corrected chi connectivity index (χ1v) is 6.05. The van der Waals surface area contributed by atoms with Gasteiger partial charge in [0.05, 0.1) is 6.21 Å². The number of carbonyl (C=O) groups excluding carboxylic acids is 1. The Hall–Kier alpha value is -2.53. The molecular formula is C14H11ClN2O3. The van der Waals surface area contributed by atoms with Gasteiger partial charge in [-0.2, -0.15) is 5.10 Å². The number of hydrogen-bond acceptors (Lipinski definition) is 4. The topological polar surface area (TPSA) is 81.9 Å². The Kier molecular flexibility index (Phi) is 4.22. The second-order valence-corrected chi connectivity index (χ2v) is 4.39. The molecule has 2 aromatic carbocycles. The molecule has 3 N–H and O–H groups in total.